The highest BCUT2D eigenvalue weighted by Gasteiger charge is 2.17. The lowest BCUT2D eigenvalue weighted by atomic mass is 10.1. The van der Waals surface area contributed by atoms with Crippen molar-refractivity contribution in [2.24, 2.45) is 0 Å². The Kier molecular flexibility index (Phi) is 2.70. The SMILES string of the molecule is CCC(C)(C)Oc1cncc(N)n1. The average molecular weight is 181 g/mol. The highest BCUT2D eigenvalue weighted by Crippen LogP contribution is 2.18. The second kappa shape index (κ2) is 3.60. The highest BCUT2D eigenvalue weighted by molar-refractivity contribution is 5.26. The van der Waals surface area contributed by atoms with Gasteiger partial charge >= 0.3 is 0 Å². The molecule has 4 heteroatoms. The van der Waals surface area contributed by atoms with Gasteiger partial charge in [0.2, 0.25) is 5.88 Å². The van der Waals surface area contributed by atoms with Crippen LogP contribution < -0.4 is 10.5 Å². The molecule has 0 saturated heterocycles. The van der Waals surface area contributed by atoms with E-state index in [1.807, 2.05) is 13.8 Å². The van der Waals surface area contributed by atoms with Crippen LogP contribution in [0.2, 0.25) is 0 Å². The molecule has 1 rings (SSSR count). The Morgan fingerprint density at radius 1 is 1.46 bits per heavy atom. The van der Waals surface area contributed by atoms with Gasteiger partial charge in [-0.25, -0.2) is 0 Å². The van der Waals surface area contributed by atoms with E-state index in [2.05, 4.69) is 16.9 Å². The molecular formula is C9H15N3O. The van der Waals surface area contributed by atoms with E-state index in [9.17, 15) is 0 Å². The largest absolute Gasteiger partial charge is 0.471 e. The molecule has 4 nitrogen and oxygen atoms in total. The number of hydrogen-bond acceptors (Lipinski definition) is 4. The molecular weight excluding hydrogens is 166 g/mol. The van der Waals surface area contributed by atoms with Gasteiger partial charge in [0.15, 0.2) is 0 Å². The van der Waals surface area contributed by atoms with Crippen LogP contribution in [0.25, 0.3) is 0 Å². The first-order chi connectivity index (χ1) is 6.03. The van der Waals surface area contributed by atoms with E-state index in [4.69, 9.17) is 10.5 Å². The molecule has 0 aromatic carbocycles. The van der Waals surface area contributed by atoms with Gasteiger partial charge < -0.3 is 10.5 Å². The number of aromatic nitrogens is 2. The fourth-order valence-electron chi connectivity index (χ4n) is 0.767. The maximum atomic E-state index is 5.58. The Morgan fingerprint density at radius 2 is 2.15 bits per heavy atom. The summed E-state index contributed by atoms with van der Waals surface area (Å²) in [4.78, 5) is 7.89. The van der Waals surface area contributed by atoms with Crippen molar-refractivity contribution in [1.29, 1.82) is 0 Å². The molecule has 1 heterocycles. The smallest absolute Gasteiger partial charge is 0.234 e. The van der Waals surface area contributed by atoms with Crippen LogP contribution >= 0.6 is 0 Å². The third-order valence-electron chi connectivity index (χ3n) is 1.86. The lowest BCUT2D eigenvalue weighted by Gasteiger charge is -2.23. The monoisotopic (exact) mass is 181 g/mol. The Hall–Kier alpha value is -1.32. The summed E-state index contributed by atoms with van der Waals surface area (Å²) in [5.74, 6) is 0.858. The van der Waals surface area contributed by atoms with Gasteiger partial charge in [-0.2, -0.15) is 4.98 Å². The van der Waals surface area contributed by atoms with Gasteiger partial charge in [-0.05, 0) is 20.3 Å². The molecule has 0 aliphatic rings. The first kappa shape index (κ1) is 9.77. The van der Waals surface area contributed by atoms with E-state index >= 15 is 0 Å². The molecule has 0 fully saturated rings. The number of nitrogens with zero attached hydrogens (tertiary/aromatic N) is 2. The quantitative estimate of drug-likeness (QED) is 0.769. The molecule has 0 spiro atoms. The Balaban J connectivity index is 2.74. The lowest BCUT2D eigenvalue weighted by molar-refractivity contribution is 0.0987. The summed E-state index contributed by atoms with van der Waals surface area (Å²) in [6.07, 6.45) is 3.96. The van der Waals surface area contributed by atoms with E-state index in [-0.39, 0.29) is 5.60 Å². The van der Waals surface area contributed by atoms with Crippen molar-refractivity contribution in [1.82, 2.24) is 9.97 Å². The van der Waals surface area contributed by atoms with E-state index in [0.717, 1.165) is 6.42 Å². The van der Waals surface area contributed by atoms with Crippen LogP contribution in [0.15, 0.2) is 12.4 Å². The highest BCUT2D eigenvalue weighted by atomic mass is 16.5. The summed E-state index contributed by atoms with van der Waals surface area (Å²) in [7, 11) is 0. The molecule has 0 aliphatic carbocycles. The van der Waals surface area contributed by atoms with E-state index < -0.39 is 0 Å². The predicted molar refractivity (Wildman–Crippen MR) is 51.4 cm³/mol. The fourth-order valence-corrected chi connectivity index (χ4v) is 0.767. The predicted octanol–water partition coefficient (Wildman–Crippen LogP) is 1.63. The molecule has 0 aliphatic heterocycles. The van der Waals surface area contributed by atoms with Gasteiger partial charge in [-0.1, -0.05) is 6.92 Å². The van der Waals surface area contributed by atoms with E-state index in [1.165, 1.54) is 6.20 Å². The number of nitrogens with two attached hydrogens (primary N) is 1. The molecule has 0 atom stereocenters. The van der Waals surface area contributed by atoms with Crippen LogP contribution in [-0.4, -0.2) is 15.6 Å². The molecule has 0 amide bonds. The normalized spacial score (nSPS) is 11.3. The summed E-state index contributed by atoms with van der Waals surface area (Å²) in [5.41, 5.74) is 5.25. The maximum absolute atomic E-state index is 5.58. The molecule has 0 unspecified atom stereocenters. The number of nitrogen functional groups attached to an aromatic ring is 1. The number of anilines is 1. The summed E-state index contributed by atoms with van der Waals surface area (Å²) in [6.45, 7) is 6.05. The fraction of sp³-hybridized carbons (Fsp3) is 0.556. The zero-order valence-electron chi connectivity index (χ0n) is 8.24. The maximum Gasteiger partial charge on any atom is 0.234 e. The van der Waals surface area contributed by atoms with Crippen molar-refractivity contribution >= 4 is 5.82 Å². The molecule has 2 N–H and O–H groups in total. The second-order valence-electron chi connectivity index (χ2n) is 3.50. The number of hydrogen-bond donors (Lipinski definition) is 1. The van der Waals surface area contributed by atoms with Crippen molar-refractivity contribution in [3.05, 3.63) is 12.4 Å². The van der Waals surface area contributed by atoms with Gasteiger partial charge in [0, 0.05) is 0 Å². The zero-order valence-corrected chi connectivity index (χ0v) is 8.24. The Morgan fingerprint density at radius 3 is 2.69 bits per heavy atom. The van der Waals surface area contributed by atoms with E-state index in [0.29, 0.717) is 11.7 Å². The summed E-state index contributed by atoms with van der Waals surface area (Å²) < 4.78 is 5.58. The summed E-state index contributed by atoms with van der Waals surface area (Å²) in [5, 5.41) is 0. The van der Waals surface area contributed by atoms with Gasteiger partial charge in [0.05, 0.1) is 12.4 Å². The first-order valence-electron chi connectivity index (χ1n) is 4.30. The minimum Gasteiger partial charge on any atom is -0.471 e. The van der Waals surface area contributed by atoms with Crippen LogP contribution in [0.5, 0.6) is 5.88 Å². The van der Waals surface area contributed by atoms with Crippen LogP contribution in [0.1, 0.15) is 27.2 Å². The topological polar surface area (TPSA) is 61.0 Å². The van der Waals surface area contributed by atoms with Gasteiger partial charge in [-0.3, -0.25) is 4.98 Å². The lowest BCUT2D eigenvalue weighted by Crippen LogP contribution is -2.27. The number of ether oxygens (including phenoxy) is 1. The standard InChI is InChI=1S/C9H15N3O/c1-4-9(2,3)13-8-6-11-5-7(10)12-8/h5-6H,4H2,1-3H3,(H2,10,12). The van der Waals surface area contributed by atoms with Crippen LogP contribution in [0.4, 0.5) is 5.82 Å². The van der Waals surface area contributed by atoms with Gasteiger partial charge in [-0.15, -0.1) is 0 Å². The third-order valence-corrected chi connectivity index (χ3v) is 1.86. The van der Waals surface area contributed by atoms with Crippen LogP contribution in [-0.2, 0) is 0 Å². The zero-order chi connectivity index (χ0) is 9.90. The van der Waals surface area contributed by atoms with Crippen molar-refractivity contribution < 1.29 is 4.74 Å². The molecule has 0 radical (unpaired) electrons. The third kappa shape index (κ3) is 2.89. The minimum absolute atomic E-state index is 0.220. The summed E-state index contributed by atoms with van der Waals surface area (Å²) in [6, 6.07) is 0. The Labute approximate surface area is 78.1 Å². The summed E-state index contributed by atoms with van der Waals surface area (Å²) >= 11 is 0. The van der Waals surface area contributed by atoms with Crippen LogP contribution in [0, 0.1) is 0 Å². The second-order valence-corrected chi connectivity index (χ2v) is 3.50. The molecule has 13 heavy (non-hydrogen) atoms. The van der Waals surface area contributed by atoms with Crippen LogP contribution in [0.3, 0.4) is 0 Å². The van der Waals surface area contributed by atoms with Gasteiger partial charge in [0.1, 0.15) is 11.4 Å². The Bertz CT molecular complexity index is 286. The van der Waals surface area contributed by atoms with Crippen molar-refractivity contribution in [2.75, 3.05) is 5.73 Å². The molecule has 1 aromatic heterocycles. The molecule has 0 bridgehead atoms. The van der Waals surface area contributed by atoms with Crippen molar-refractivity contribution in [3.8, 4) is 5.88 Å². The molecule has 0 saturated carbocycles. The van der Waals surface area contributed by atoms with Gasteiger partial charge in [0.25, 0.3) is 0 Å². The molecule has 72 valence electrons. The van der Waals surface area contributed by atoms with Crippen molar-refractivity contribution in [3.63, 3.8) is 0 Å². The van der Waals surface area contributed by atoms with Crippen molar-refractivity contribution in [2.45, 2.75) is 32.8 Å². The number of rotatable bonds is 3. The average Bonchev–Trinajstić information content (AvgIpc) is 2.03. The van der Waals surface area contributed by atoms with E-state index in [1.54, 1.807) is 6.20 Å². The minimum atomic E-state index is -0.220. The molecule has 1 aromatic rings. The first-order valence-corrected chi connectivity index (χ1v) is 4.30.